The molecule has 3 aliphatic carbocycles. The zero-order valence-electron chi connectivity index (χ0n) is 30.5. The van der Waals surface area contributed by atoms with E-state index in [-0.39, 0.29) is 47.5 Å². The maximum absolute atomic E-state index is 13.9. The molecule has 4 aliphatic rings. The Morgan fingerprint density at radius 3 is 2.20 bits per heavy atom. The molecule has 258 valence electrons. The number of fused-ring (bicyclic) bond motifs is 5. The van der Waals surface area contributed by atoms with Crippen molar-refractivity contribution in [3.05, 3.63) is 11.1 Å². The Labute approximate surface area is 272 Å². The van der Waals surface area contributed by atoms with Gasteiger partial charge < -0.3 is 29.7 Å². The predicted molar refractivity (Wildman–Crippen MR) is 175 cm³/mol. The second kappa shape index (κ2) is 11.8. The van der Waals surface area contributed by atoms with Gasteiger partial charge in [-0.1, -0.05) is 67.9 Å². The number of hydrogen-bond donors (Lipinski definition) is 3. The molecule has 1 amide bonds. The summed E-state index contributed by atoms with van der Waals surface area (Å²) in [6, 6.07) is -0.478. The average Bonchev–Trinajstić information content (AvgIpc) is 2.89. The van der Waals surface area contributed by atoms with Crippen molar-refractivity contribution in [3.8, 4) is 0 Å². The number of aliphatic hydroxyl groups excluding tert-OH is 1. The number of aliphatic hydroxyl groups is 2. The Balaban J connectivity index is 1.72. The monoisotopic (exact) mass is 633 g/mol. The predicted octanol–water partition coefficient (Wildman–Crippen LogP) is 6.67. The summed E-state index contributed by atoms with van der Waals surface area (Å²) in [5.41, 5.74) is -1.24. The van der Waals surface area contributed by atoms with Gasteiger partial charge in [0.1, 0.15) is 11.7 Å². The average molecular weight is 634 g/mol. The van der Waals surface area contributed by atoms with Crippen LogP contribution in [0.1, 0.15) is 116 Å². The number of amides is 1. The van der Waals surface area contributed by atoms with Gasteiger partial charge in [-0.3, -0.25) is 4.79 Å². The lowest BCUT2D eigenvalue weighted by Gasteiger charge is -2.71. The summed E-state index contributed by atoms with van der Waals surface area (Å²) in [7, 11) is 0. The molecule has 8 heteroatoms. The smallest absolute Gasteiger partial charge is 0.407 e. The van der Waals surface area contributed by atoms with Crippen LogP contribution in [0.4, 0.5) is 4.79 Å². The van der Waals surface area contributed by atoms with E-state index in [0.717, 1.165) is 17.6 Å². The topological polar surface area (TPSA) is 114 Å². The van der Waals surface area contributed by atoms with Crippen molar-refractivity contribution in [2.45, 2.75) is 152 Å². The summed E-state index contributed by atoms with van der Waals surface area (Å²) >= 11 is 0. The quantitative estimate of drug-likeness (QED) is 0.221. The van der Waals surface area contributed by atoms with E-state index in [4.69, 9.17) is 14.2 Å². The molecule has 2 bridgehead atoms. The third kappa shape index (κ3) is 5.77. The van der Waals surface area contributed by atoms with Gasteiger partial charge in [0, 0.05) is 34.6 Å². The zero-order valence-corrected chi connectivity index (χ0v) is 30.5. The van der Waals surface area contributed by atoms with Crippen molar-refractivity contribution in [2.24, 2.45) is 51.8 Å². The van der Waals surface area contributed by atoms with E-state index in [9.17, 15) is 19.8 Å². The first kappa shape index (κ1) is 36.2. The van der Waals surface area contributed by atoms with Crippen LogP contribution in [-0.4, -0.2) is 64.4 Å². The van der Waals surface area contributed by atoms with E-state index in [0.29, 0.717) is 13.0 Å². The molecule has 1 heterocycles. The largest absolute Gasteiger partial charge is 0.457 e. The van der Waals surface area contributed by atoms with Gasteiger partial charge in [0.15, 0.2) is 0 Å². The molecule has 12 atom stereocenters. The van der Waals surface area contributed by atoms with E-state index < -0.39 is 58.3 Å². The molecular formula is C37H63NO7. The molecule has 1 aliphatic heterocycles. The minimum Gasteiger partial charge on any atom is -0.457 e. The number of carbonyl (C=O) groups excluding carboxylic acids is 2. The Hall–Kier alpha value is -1.64. The maximum atomic E-state index is 13.9. The molecule has 3 fully saturated rings. The van der Waals surface area contributed by atoms with Crippen molar-refractivity contribution in [1.82, 2.24) is 5.32 Å². The van der Waals surface area contributed by atoms with E-state index in [1.165, 1.54) is 0 Å². The number of esters is 1. The van der Waals surface area contributed by atoms with Gasteiger partial charge in [0.2, 0.25) is 0 Å². The Morgan fingerprint density at radius 2 is 1.69 bits per heavy atom. The molecular weight excluding hydrogens is 570 g/mol. The molecule has 3 N–H and O–H groups in total. The molecule has 0 aromatic heterocycles. The third-order valence-electron chi connectivity index (χ3n) is 13.0. The van der Waals surface area contributed by atoms with Crippen molar-refractivity contribution in [2.75, 3.05) is 6.61 Å². The number of rotatable bonds is 6. The molecule has 0 spiro atoms. The lowest BCUT2D eigenvalue weighted by atomic mass is 9.38. The van der Waals surface area contributed by atoms with Gasteiger partial charge in [-0.05, 0) is 76.7 Å². The maximum Gasteiger partial charge on any atom is 0.407 e. The van der Waals surface area contributed by atoms with Crippen LogP contribution < -0.4 is 5.32 Å². The number of hydrogen-bond acceptors (Lipinski definition) is 7. The number of ether oxygens (including phenoxy) is 3. The summed E-state index contributed by atoms with van der Waals surface area (Å²) in [5, 5.41) is 28.4. The van der Waals surface area contributed by atoms with Crippen LogP contribution in [0.3, 0.4) is 0 Å². The summed E-state index contributed by atoms with van der Waals surface area (Å²) in [5.74, 6) is -1.09. The van der Waals surface area contributed by atoms with Crippen LogP contribution >= 0.6 is 0 Å². The van der Waals surface area contributed by atoms with Crippen LogP contribution in [0.5, 0.6) is 0 Å². The van der Waals surface area contributed by atoms with E-state index >= 15 is 0 Å². The lowest BCUT2D eigenvalue weighted by molar-refractivity contribution is -0.316. The van der Waals surface area contributed by atoms with Gasteiger partial charge in [-0.25, -0.2) is 4.79 Å². The molecule has 0 radical (unpaired) electrons. The Morgan fingerprint density at radius 1 is 1.09 bits per heavy atom. The lowest BCUT2D eigenvalue weighted by Crippen LogP contribution is -2.73. The highest BCUT2D eigenvalue weighted by Gasteiger charge is 2.71. The van der Waals surface area contributed by atoms with E-state index in [1.807, 2.05) is 27.7 Å². The highest BCUT2D eigenvalue weighted by atomic mass is 16.6. The first-order valence-corrected chi connectivity index (χ1v) is 17.4. The fourth-order valence-electron chi connectivity index (χ4n) is 10.4. The van der Waals surface area contributed by atoms with Crippen molar-refractivity contribution < 1.29 is 34.0 Å². The Kier molecular flexibility index (Phi) is 9.49. The summed E-state index contributed by atoms with van der Waals surface area (Å²) in [4.78, 5) is 26.6. The standard InChI is InChI=1S/C37H63NO7/c1-19(2)15-25(38-32(41)45-33(8,9)10)21(4)31(40)44-26-17-37(42)24(7)29-35(13)18-43-27(35)16-20(3)36(29,14)30(39)23(6)28(22(26)5)34(37,11)12/h19-21,23-27,29-30,39,42H,15-18H2,1-14H3,(H,38,41)/t20-,21?,23-,24-,25-,26-,27+,29+,30-,35+,36+,37+/m0/s1. The van der Waals surface area contributed by atoms with Crippen LogP contribution in [0.15, 0.2) is 11.1 Å². The van der Waals surface area contributed by atoms with E-state index in [1.54, 1.807) is 6.92 Å². The third-order valence-corrected chi connectivity index (χ3v) is 13.0. The normalized spacial score (nSPS) is 42.3. The first-order chi connectivity index (χ1) is 20.4. The molecule has 1 unspecified atom stereocenters. The second-order valence-corrected chi connectivity index (χ2v) is 17.8. The minimum absolute atomic E-state index is 0.00194. The molecule has 45 heavy (non-hydrogen) atoms. The van der Waals surface area contributed by atoms with Gasteiger partial charge in [0.05, 0.1) is 30.3 Å². The highest BCUT2D eigenvalue weighted by molar-refractivity contribution is 5.75. The molecule has 2 saturated carbocycles. The second-order valence-electron chi connectivity index (χ2n) is 17.8. The minimum atomic E-state index is -1.21. The van der Waals surface area contributed by atoms with Crippen LogP contribution in [0.25, 0.3) is 0 Å². The molecule has 1 saturated heterocycles. The van der Waals surface area contributed by atoms with E-state index in [2.05, 4.69) is 67.6 Å². The molecule has 8 nitrogen and oxygen atoms in total. The fraction of sp³-hybridized carbons (Fsp3) is 0.892. The SMILES string of the molecule is CC1=C2[C@H](C)[C@H](O)[C@@]3(C)[C@H]([C@H](C)[C@](O)(C[C@@H]1OC(=O)C(C)[C@H](CC(C)C)NC(=O)OC(C)(C)C)C2(C)C)[C@]1(C)CO[C@@H]1C[C@@H]3C. The van der Waals surface area contributed by atoms with Gasteiger partial charge in [-0.2, -0.15) is 0 Å². The fourth-order valence-corrected chi connectivity index (χ4v) is 10.4. The zero-order chi connectivity index (χ0) is 34.2. The number of alkyl carbamates (subject to hydrolysis) is 1. The van der Waals surface area contributed by atoms with Crippen LogP contribution in [-0.2, 0) is 19.0 Å². The van der Waals surface area contributed by atoms with Gasteiger partial charge in [0.25, 0.3) is 0 Å². The van der Waals surface area contributed by atoms with Crippen LogP contribution in [0, 0.1) is 51.8 Å². The van der Waals surface area contributed by atoms with Crippen molar-refractivity contribution in [1.29, 1.82) is 0 Å². The first-order valence-electron chi connectivity index (χ1n) is 17.4. The number of nitrogens with one attached hydrogen (secondary N) is 1. The molecule has 0 aromatic carbocycles. The summed E-state index contributed by atoms with van der Waals surface area (Å²) < 4.78 is 18.0. The molecule has 0 aromatic rings. The summed E-state index contributed by atoms with van der Waals surface area (Å²) in [6.45, 7) is 29.1. The van der Waals surface area contributed by atoms with Crippen molar-refractivity contribution >= 4 is 12.1 Å². The number of carbonyl (C=O) groups is 2. The van der Waals surface area contributed by atoms with Gasteiger partial charge in [-0.15, -0.1) is 0 Å². The van der Waals surface area contributed by atoms with Crippen LogP contribution in [0.2, 0.25) is 0 Å². The van der Waals surface area contributed by atoms with Crippen molar-refractivity contribution in [3.63, 3.8) is 0 Å². The van der Waals surface area contributed by atoms with Gasteiger partial charge >= 0.3 is 12.1 Å². The highest BCUT2D eigenvalue weighted by Crippen LogP contribution is 2.69. The summed E-state index contributed by atoms with van der Waals surface area (Å²) in [6.07, 6.45) is -0.00631. The molecule has 4 rings (SSSR count). The Bertz CT molecular complexity index is 1190.